The van der Waals surface area contributed by atoms with E-state index < -0.39 is 24.2 Å². The van der Waals surface area contributed by atoms with Gasteiger partial charge >= 0.3 is 12.7 Å². The standard InChI is InChI=1S/C9H8BrF3O2.C7H5F3O2.C2H4Br2/c10-5-6-14-7-3-1-2-4-8(7)15-9(11,12)13;8-7(9,10)12-6-4-2-1-3-5(6)11;3-1-2-4/h1-4H,5-6H2;1-4,11H;1-2H2. The topological polar surface area (TPSA) is 47.9 Å². The summed E-state index contributed by atoms with van der Waals surface area (Å²) in [5, 5.41) is 11.5. The number of benzene rings is 2. The fraction of sp³-hybridized carbons (Fsp3) is 0.333. The lowest BCUT2D eigenvalue weighted by Crippen LogP contribution is -2.17. The van der Waals surface area contributed by atoms with Crippen molar-refractivity contribution in [1.29, 1.82) is 0 Å². The largest absolute Gasteiger partial charge is 0.573 e. The zero-order valence-electron chi connectivity index (χ0n) is 15.5. The highest BCUT2D eigenvalue weighted by atomic mass is 79.9. The number of hydrogen-bond donors (Lipinski definition) is 1. The molecular weight excluding hydrogens is 634 g/mol. The normalized spacial score (nSPS) is 10.7. The zero-order valence-corrected chi connectivity index (χ0v) is 20.3. The highest BCUT2D eigenvalue weighted by molar-refractivity contribution is 9.12. The molecule has 0 saturated heterocycles. The average molecular weight is 651 g/mol. The molecule has 0 spiro atoms. The third-order valence-corrected chi connectivity index (χ3v) is 4.75. The van der Waals surface area contributed by atoms with Crippen molar-refractivity contribution in [2.75, 3.05) is 22.6 Å². The molecule has 0 bridgehead atoms. The van der Waals surface area contributed by atoms with Crippen LogP contribution in [0.2, 0.25) is 0 Å². The Hall–Kier alpha value is -1.34. The van der Waals surface area contributed by atoms with Crippen LogP contribution in [0.5, 0.6) is 23.0 Å². The first-order valence-corrected chi connectivity index (χ1v) is 11.5. The minimum atomic E-state index is -4.77. The molecule has 0 radical (unpaired) electrons. The van der Waals surface area contributed by atoms with Gasteiger partial charge in [-0.2, -0.15) is 0 Å². The number of phenols is 1. The molecule has 0 aromatic heterocycles. The van der Waals surface area contributed by atoms with Gasteiger partial charge in [0.15, 0.2) is 23.0 Å². The summed E-state index contributed by atoms with van der Waals surface area (Å²) in [4.78, 5) is 0. The average Bonchev–Trinajstić information content (AvgIpc) is 2.68. The van der Waals surface area contributed by atoms with Gasteiger partial charge in [0.25, 0.3) is 0 Å². The molecule has 0 saturated carbocycles. The van der Waals surface area contributed by atoms with Crippen molar-refractivity contribution < 1.29 is 45.7 Å². The number of halogens is 9. The van der Waals surface area contributed by atoms with Crippen LogP contribution in [-0.2, 0) is 0 Å². The molecule has 0 unspecified atom stereocenters. The van der Waals surface area contributed by atoms with Gasteiger partial charge in [-0.3, -0.25) is 0 Å². The van der Waals surface area contributed by atoms with Crippen molar-refractivity contribution in [2.45, 2.75) is 12.7 Å². The highest BCUT2D eigenvalue weighted by Crippen LogP contribution is 2.32. The SMILES string of the molecule is BrCCBr.FC(F)(F)Oc1ccccc1OCCBr.Oc1ccccc1OC(F)(F)F. The second-order valence-electron chi connectivity index (χ2n) is 4.93. The van der Waals surface area contributed by atoms with E-state index in [-0.39, 0.29) is 18.1 Å². The molecule has 2 aromatic carbocycles. The smallest absolute Gasteiger partial charge is 0.504 e. The molecule has 0 aliphatic carbocycles. The Balaban J connectivity index is 0.000000504. The number of hydrogen-bond acceptors (Lipinski definition) is 4. The van der Waals surface area contributed by atoms with Crippen LogP contribution >= 0.6 is 47.8 Å². The summed E-state index contributed by atoms with van der Waals surface area (Å²) in [5.41, 5.74) is 0. The van der Waals surface area contributed by atoms with E-state index in [0.29, 0.717) is 5.33 Å². The van der Waals surface area contributed by atoms with E-state index in [1.165, 1.54) is 30.3 Å². The Labute approximate surface area is 199 Å². The maximum atomic E-state index is 12.0. The molecule has 0 heterocycles. The maximum Gasteiger partial charge on any atom is 0.573 e. The fourth-order valence-electron chi connectivity index (χ4n) is 1.60. The predicted octanol–water partition coefficient (Wildman–Crippen LogP) is 7.43. The lowest BCUT2D eigenvalue weighted by atomic mass is 10.3. The lowest BCUT2D eigenvalue weighted by Gasteiger charge is -2.13. The number of phenolic OH excluding ortho intramolecular Hbond substituents is 1. The molecule has 0 atom stereocenters. The van der Waals surface area contributed by atoms with Gasteiger partial charge in [0.2, 0.25) is 0 Å². The minimum absolute atomic E-state index is 0.0780. The Morgan fingerprint density at radius 2 is 1.06 bits per heavy atom. The summed E-state index contributed by atoms with van der Waals surface area (Å²) in [6.07, 6.45) is -9.47. The van der Waals surface area contributed by atoms with Crippen molar-refractivity contribution in [3.05, 3.63) is 48.5 Å². The van der Waals surface area contributed by atoms with Gasteiger partial charge in [-0.25, -0.2) is 0 Å². The fourth-order valence-corrected chi connectivity index (χ4v) is 1.76. The van der Waals surface area contributed by atoms with Crippen LogP contribution in [0.25, 0.3) is 0 Å². The van der Waals surface area contributed by atoms with Crippen molar-refractivity contribution in [3.63, 3.8) is 0 Å². The number of para-hydroxylation sites is 4. The van der Waals surface area contributed by atoms with Crippen LogP contribution in [0.4, 0.5) is 26.3 Å². The molecule has 0 aliphatic heterocycles. The van der Waals surface area contributed by atoms with Crippen molar-refractivity contribution >= 4 is 47.8 Å². The molecule has 0 amide bonds. The van der Waals surface area contributed by atoms with Gasteiger partial charge in [0.1, 0.15) is 0 Å². The van der Waals surface area contributed by atoms with E-state index in [9.17, 15) is 26.3 Å². The maximum absolute atomic E-state index is 12.0. The van der Waals surface area contributed by atoms with E-state index in [0.717, 1.165) is 22.8 Å². The molecule has 1 N–H and O–H groups in total. The van der Waals surface area contributed by atoms with Crippen LogP contribution in [-0.4, -0.2) is 40.4 Å². The monoisotopic (exact) mass is 648 g/mol. The number of aromatic hydroxyl groups is 1. The van der Waals surface area contributed by atoms with Crippen molar-refractivity contribution in [3.8, 4) is 23.0 Å². The van der Waals surface area contributed by atoms with Gasteiger partial charge in [-0.05, 0) is 24.3 Å². The summed E-state index contributed by atoms with van der Waals surface area (Å²) >= 11 is 9.51. The van der Waals surface area contributed by atoms with Crippen LogP contribution in [0.3, 0.4) is 0 Å². The number of rotatable bonds is 6. The molecular formula is C18H17Br3F6O4. The first kappa shape index (κ1) is 29.7. The van der Waals surface area contributed by atoms with Crippen molar-refractivity contribution in [1.82, 2.24) is 0 Å². The molecule has 176 valence electrons. The van der Waals surface area contributed by atoms with E-state index in [2.05, 4.69) is 57.3 Å². The second kappa shape index (κ2) is 15.5. The van der Waals surface area contributed by atoms with Gasteiger partial charge in [0, 0.05) is 16.0 Å². The molecule has 31 heavy (non-hydrogen) atoms. The number of ether oxygens (including phenoxy) is 3. The first-order valence-electron chi connectivity index (χ1n) is 8.12. The zero-order chi connectivity index (χ0) is 23.9. The first-order chi connectivity index (χ1) is 14.4. The van der Waals surface area contributed by atoms with E-state index in [4.69, 9.17) is 9.84 Å². The van der Waals surface area contributed by atoms with Gasteiger partial charge in [-0.15, -0.1) is 26.3 Å². The second-order valence-corrected chi connectivity index (χ2v) is 7.30. The van der Waals surface area contributed by atoms with E-state index in [1.807, 2.05) is 0 Å². The summed E-state index contributed by atoms with van der Waals surface area (Å²) in [5.74, 6) is -1.37. The summed E-state index contributed by atoms with van der Waals surface area (Å²) in [6.45, 7) is 0.276. The molecule has 2 aromatic rings. The van der Waals surface area contributed by atoms with Gasteiger partial charge < -0.3 is 19.3 Å². The van der Waals surface area contributed by atoms with E-state index in [1.54, 1.807) is 6.07 Å². The molecule has 0 aliphatic rings. The van der Waals surface area contributed by atoms with Crippen LogP contribution in [0.1, 0.15) is 0 Å². The molecule has 2 rings (SSSR count). The summed E-state index contributed by atoms with van der Waals surface area (Å²) in [7, 11) is 0. The molecule has 0 fully saturated rings. The minimum Gasteiger partial charge on any atom is -0.504 e. The number of alkyl halides is 9. The van der Waals surface area contributed by atoms with Crippen LogP contribution in [0.15, 0.2) is 48.5 Å². The third kappa shape index (κ3) is 16.0. The van der Waals surface area contributed by atoms with E-state index >= 15 is 0 Å². The molecule has 13 heteroatoms. The van der Waals surface area contributed by atoms with Gasteiger partial charge in [0.05, 0.1) is 6.61 Å². The predicted molar refractivity (Wildman–Crippen MR) is 115 cm³/mol. The Kier molecular flexibility index (Phi) is 14.8. The quantitative estimate of drug-likeness (QED) is 0.261. The van der Waals surface area contributed by atoms with Crippen molar-refractivity contribution in [2.24, 2.45) is 0 Å². The highest BCUT2D eigenvalue weighted by Gasteiger charge is 2.32. The van der Waals surface area contributed by atoms with Crippen LogP contribution < -0.4 is 14.2 Å². The summed E-state index contributed by atoms with van der Waals surface area (Å²) in [6, 6.07) is 10.5. The summed E-state index contributed by atoms with van der Waals surface area (Å²) < 4.78 is 83.0. The Morgan fingerprint density at radius 3 is 1.48 bits per heavy atom. The molecule has 4 nitrogen and oxygen atoms in total. The lowest BCUT2D eigenvalue weighted by molar-refractivity contribution is -0.276. The third-order valence-electron chi connectivity index (χ3n) is 2.57. The van der Waals surface area contributed by atoms with Crippen LogP contribution in [0, 0.1) is 0 Å². The Morgan fingerprint density at radius 1 is 0.645 bits per heavy atom. The Bertz CT molecular complexity index is 743. The van der Waals surface area contributed by atoms with Gasteiger partial charge in [-0.1, -0.05) is 72.1 Å².